The third-order valence-corrected chi connectivity index (χ3v) is 4.48. The van der Waals surface area contributed by atoms with E-state index in [9.17, 15) is 4.79 Å². The van der Waals surface area contributed by atoms with Crippen molar-refractivity contribution in [2.75, 3.05) is 30.4 Å². The summed E-state index contributed by atoms with van der Waals surface area (Å²) in [4.78, 5) is 18.5. The molecule has 2 N–H and O–H groups in total. The van der Waals surface area contributed by atoms with Crippen LogP contribution < -0.4 is 15.5 Å². The lowest BCUT2D eigenvalue weighted by atomic mass is 10.2. The largest absolute Gasteiger partial charge is 0.373 e. The van der Waals surface area contributed by atoms with Crippen molar-refractivity contribution < 1.29 is 4.79 Å². The summed E-state index contributed by atoms with van der Waals surface area (Å²) in [6.07, 6.45) is 0. The number of urea groups is 1. The Hall–Kier alpha value is -2.86. The predicted molar refractivity (Wildman–Crippen MR) is 104 cm³/mol. The summed E-state index contributed by atoms with van der Waals surface area (Å²) >= 11 is 1.42. The quantitative estimate of drug-likeness (QED) is 0.703. The molecule has 0 fully saturated rings. The summed E-state index contributed by atoms with van der Waals surface area (Å²) < 4.78 is 0. The van der Waals surface area contributed by atoms with E-state index >= 15 is 0 Å². The van der Waals surface area contributed by atoms with Crippen LogP contribution in [0.3, 0.4) is 0 Å². The maximum Gasteiger partial charge on any atom is 0.321 e. The first-order valence-corrected chi connectivity index (χ1v) is 8.92. The van der Waals surface area contributed by atoms with Crippen LogP contribution in [0.15, 0.2) is 66.0 Å². The number of para-hydroxylation sites is 1. The summed E-state index contributed by atoms with van der Waals surface area (Å²) in [5, 5.41) is 8.17. The van der Waals surface area contributed by atoms with Crippen LogP contribution in [0.2, 0.25) is 0 Å². The van der Waals surface area contributed by atoms with Gasteiger partial charge in [0.1, 0.15) is 0 Å². The maximum atomic E-state index is 12.0. The minimum absolute atomic E-state index is 0.240. The van der Waals surface area contributed by atoms with Crippen molar-refractivity contribution in [1.29, 1.82) is 0 Å². The molecular formula is C19H20N4OS. The molecule has 0 atom stereocenters. The number of likely N-dealkylation sites (N-methyl/N-ethyl adjacent to an activating group) is 1. The fraction of sp³-hybridized carbons (Fsp3) is 0.158. The molecule has 2 aromatic carbocycles. The number of nitrogens with one attached hydrogen (secondary N) is 2. The molecule has 0 aliphatic carbocycles. The molecule has 0 saturated carbocycles. The fourth-order valence-electron chi connectivity index (χ4n) is 2.36. The van der Waals surface area contributed by atoms with Gasteiger partial charge in [0.25, 0.3) is 0 Å². The summed E-state index contributed by atoms with van der Waals surface area (Å²) in [5.74, 6) is 0. The smallest absolute Gasteiger partial charge is 0.321 e. The van der Waals surface area contributed by atoms with Gasteiger partial charge in [0.2, 0.25) is 0 Å². The molecule has 0 spiro atoms. The van der Waals surface area contributed by atoms with Gasteiger partial charge in [-0.1, -0.05) is 48.5 Å². The summed E-state index contributed by atoms with van der Waals surface area (Å²) in [6, 6.07) is 19.7. The van der Waals surface area contributed by atoms with Gasteiger partial charge >= 0.3 is 6.03 Å². The minimum atomic E-state index is -0.240. The second-order valence-corrected chi connectivity index (χ2v) is 6.40. The lowest BCUT2D eigenvalue weighted by Gasteiger charge is -2.19. The van der Waals surface area contributed by atoms with Crippen LogP contribution in [0.25, 0.3) is 11.3 Å². The second-order valence-electron chi connectivity index (χ2n) is 5.54. The number of hydrogen-bond donors (Lipinski definition) is 2. The molecule has 3 rings (SSSR count). The zero-order valence-corrected chi connectivity index (χ0v) is 14.8. The SMILES string of the molecule is CN(CCNC(=O)Nc1nc(-c2ccccc2)cs1)c1ccccc1. The second kappa shape index (κ2) is 8.30. The molecule has 1 heterocycles. The molecule has 128 valence electrons. The lowest BCUT2D eigenvalue weighted by molar-refractivity contribution is 0.252. The highest BCUT2D eigenvalue weighted by Crippen LogP contribution is 2.24. The molecular weight excluding hydrogens is 332 g/mol. The van der Waals surface area contributed by atoms with Gasteiger partial charge in [0, 0.05) is 36.8 Å². The number of benzene rings is 2. The van der Waals surface area contributed by atoms with Gasteiger partial charge in [-0.05, 0) is 12.1 Å². The Balaban J connectivity index is 1.46. The Morgan fingerprint density at radius 2 is 1.76 bits per heavy atom. The van der Waals surface area contributed by atoms with Gasteiger partial charge in [-0.3, -0.25) is 5.32 Å². The molecule has 2 amide bonds. The molecule has 5 nitrogen and oxygen atoms in total. The normalized spacial score (nSPS) is 10.3. The first-order valence-electron chi connectivity index (χ1n) is 8.04. The van der Waals surface area contributed by atoms with Crippen LogP contribution in [-0.2, 0) is 0 Å². The topological polar surface area (TPSA) is 57.3 Å². The van der Waals surface area contributed by atoms with Gasteiger partial charge in [-0.25, -0.2) is 9.78 Å². The van der Waals surface area contributed by atoms with Crippen molar-refractivity contribution in [2.24, 2.45) is 0 Å². The summed E-state index contributed by atoms with van der Waals surface area (Å²) in [5.41, 5.74) is 3.03. The van der Waals surface area contributed by atoms with E-state index in [0.717, 1.165) is 23.5 Å². The highest BCUT2D eigenvalue weighted by atomic mass is 32.1. The highest BCUT2D eigenvalue weighted by Gasteiger charge is 2.08. The van der Waals surface area contributed by atoms with E-state index in [4.69, 9.17) is 0 Å². The van der Waals surface area contributed by atoms with Crippen molar-refractivity contribution >= 4 is 28.2 Å². The summed E-state index contributed by atoms with van der Waals surface area (Å²) in [6.45, 7) is 1.28. The first-order chi connectivity index (χ1) is 12.2. The molecule has 3 aromatic rings. The van der Waals surface area contributed by atoms with Crippen molar-refractivity contribution in [3.05, 3.63) is 66.0 Å². The van der Waals surface area contributed by atoms with Crippen molar-refractivity contribution in [3.8, 4) is 11.3 Å². The van der Waals surface area contributed by atoms with Crippen LogP contribution in [0.4, 0.5) is 15.6 Å². The fourth-order valence-corrected chi connectivity index (χ4v) is 3.08. The molecule has 0 aliphatic rings. The van der Waals surface area contributed by atoms with E-state index in [0.29, 0.717) is 11.7 Å². The summed E-state index contributed by atoms with van der Waals surface area (Å²) in [7, 11) is 2.00. The Morgan fingerprint density at radius 1 is 1.08 bits per heavy atom. The van der Waals surface area contributed by atoms with Gasteiger partial charge in [0.05, 0.1) is 5.69 Å². The van der Waals surface area contributed by atoms with E-state index < -0.39 is 0 Å². The number of rotatable bonds is 6. The molecule has 1 aromatic heterocycles. The highest BCUT2D eigenvalue weighted by molar-refractivity contribution is 7.14. The van der Waals surface area contributed by atoms with Crippen LogP contribution >= 0.6 is 11.3 Å². The first kappa shape index (κ1) is 17.0. The lowest BCUT2D eigenvalue weighted by Crippen LogP contribution is -2.35. The molecule has 0 unspecified atom stereocenters. The number of carbonyl (C=O) groups is 1. The Morgan fingerprint density at radius 3 is 2.48 bits per heavy atom. The molecule has 0 radical (unpaired) electrons. The average molecular weight is 352 g/mol. The third-order valence-electron chi connectivity index (χ3n) is 3.72. The van der Waals surface area contributed by atoms with Gasteiger partial charge in [-0.15, -0.1) is 11.3 Å². The van der Waals surface area contributed by atoms with Gasteiger partial charge in [0.15, 0.2) is 5.13 Å². The number of thiazole rings is 1. The van der Waals surface area contributed by atoms with E-state index in [-0.39, 0.29) is 6.03 Å². The van der Waals surface area contributed by atoms with Gasteiger partial charge < -0.3 is 10.2 Å². The van der Waals surface area contributed by atoms with Gasteiger partial charge in [-0.2, -0.15) is 0 Å². The van der Waals surface area contributed by atoms with Crippen molar-refractivity contribution in [1.82, 2.24) is 10.3 Å². The standard InChI is InChI=1S/C19H20N4OS/c1-23(16-10-6-3-7-11-16)13-12-20-18(24)22-19-21-17(14-25-19)15-8-4-2-5-9-15/h2-11,14H,12-13H2,1H3,(H2,20,21,22,24). The number of aromatic nitrogens is 1. The number of nitrogens with zero attached hydrogens (tertiary/aromatic N) is 2. The maximum absolute atomic E-state index is 12.0. The van der Waals surface area contributed by atoms with Crippen LogP contribution in [0, 0.1) is 0 Å². The number of amides is 2. The Bertz CT molecular complexity index is 805. The van der Waals surface area contributed by atoms with E-state index in [1.165, 1.54) is 11.3 Å². The number of anilines is 2. The molecule has 0 saturated heterocycles. The molecule has 0 aliphatic heterocycles. The van der Waals surface area contributed by atoms with Crippen molar-refractivity contribution in [2.45, 2.75) is 0 Å². The van der Waals surface area contributed by atoms with E-state index in [1.807, 2.05) is 73.1 Å². The van der Waals surface area contributed by atoms with Crippen molar-refractivity contribution in [3.63, 3.8) is 0 Å². The zero-order chi connectivity index (χ0) is 17.5. The predicted octanol–water partition coefficient (Wildman–Crippen LogP) is 4.07. The van der Waals surface area contributed by atoms with E-state index in [2.05, 4.69) is 20.5 Å². The molecule has 0 bridgehead atoms. The van der Waals surface area contributed by atoms with Crippen LogP contribution in [0.1, 0.15) is 0 Å². The van der Waals surface area contributed by atoms with Crippen LogP contribution in [-0.4, -0.2) is 31.2 Å². The zero-order valence-electron chi connectivity index (χ0n) is 14.0. The monoisotopic (exact) mass is 352 g/mol. The minimum Gasteiger partial charge on any atom is -0.373 e. The van der Waals surface area contributed by atoms with Crippen LogP contribution in [0.5, 0.6) is 0 Å². The molecule has 6 heteroatoms. The molecule has 25 heavy (non-hydrogen) atoms. The average Bonchev–Trinajstić information content (AvgIpc) is 3.11. The third kappa shape index (κ3) is 4.81. The Kier molecular flexibility index (Phi) is 5.64. The Labute approximate surface area is 151 Å². The number of carbonyl (C=O) groups excluding carboxylic acids is 1. The number of hydrogen-bond acceptors (Lipinski definition) is 4. The van der Waals surface area contributed by atoms with E-state index in [1.54, 1.807) is 0 Å².